The van der Waals surface area contributed by atoms with Crippen molar-refractivity contribution >= 4 is 16.9 Å². The molecular formula is C14H16FN3. The Hall–Kier alpha value is -1.71. The van der Waals surface area contributed by atoms with Crippen LogP contribution in [0.1, 0.15) is 25.0 Å². The van der Waals surface area contributed by atoms with Crippen LogP contribution >= 0.6 is 0 Å². The fraction of sp³-hybridized carbons (Fsp3) is 0.429. The average molecular weight is 245 g/mol. The van der Waals surface area contributed by atoms with Crippen molar-refractivity contribution < 1.29 is 4.39 Å². The highest BCUT2D eigenvalue weighted by atomic mass is 19.1. The Morgan fingerprint density at radius 1 is 1.11 bits per heavy atom. The number of hydrogen-bond donors (Lipinski definition) is 0. The van der Waals surface area contributed by atoms with Gasteiger partial charge in [0.2, 0.25) is 5.95 Å². The standard InChI is InChI=1S/C14H16FN3/c1-10-12-9-11(15)5-6-13(12)17-14(16-10)18-7-3-2-4-8-18/h5-6,9H,2-4,7-8H2,1H3. The third-order valence-electron chi connectivity index (χ3n) is 3.48. The summed E-state index contributed by atoms with van der Waals surface area (Å²) in [5.41, 5.74) is 1.67. The SMILES string of the molecule is Cc1nc(N2CCCCC2)nc2ccc(F)cc12. The van der Waals surface area contributed by atoms with Crippen LogP contribution in [0.5, 0.6) is 0 Å². The first-order chi connectivity index (χ1) is 8.74. The van der Waals surface area contributed by atoms with Crippen molar-refractivity contribution in [2.45, 2.75) is 26.2 Å². The number of rotatable bonds is 1. The van der Waals surface area contributed by atoms with Crippen molar-refractivity contribution in [3.8, 4) is 0 Å². The molecule has 1 aromatic carbocycles. The van der Waals surface area contributed by atoms with Crippen LogP contribution in [-0.4, -0.2) is 23.1 Å². The topological polar surface area (TPSA) is 29.0 Å². The van der Waals surface area contributed by atoms with Gasteiger partial charge in [-0.2, -0.15) is 0 Å². The van der Waals surface area contributed by atoms with E-state index in [-0.39, 0.29) is 5.82 Å². The molecule has 0 saturated carbocycles. The van der Waals surface area contributed by atoms with Gasteiger partial charge in [-0.25, -0.2) is 14.4 Å². The summed E-state index contributed by atoms with van der Waals surface area (Å²) in [7, 11) is 0. The van der Waals surface area contributed by atoms with E-state index >= 15 is 0 Å². The van der Waals surface area contributed by atoms with Gasteiger partial charge < -0.3 is 4.90 Å². The van der Waals surface area contributed by atoms with Gasteiger partial charge in [0.25, 0.3) is 0 Å². The monoisotopic (exact) mass is 245 g/mol. The van der Waals surface area contributed by atoms with Crippen molar-refractivity contribution in [3.05, 3.63) is 29.7 Å². The van der Waals surface area contributed by atoms with E-state index in [4.69, 9.17) is 0 Å². The van der Waals surface area contributed by atoms with E-state index in [1.165, 1.54) is 31.4 Å². The Kier molecular flexibility index (Phi) is 2.86. The number of benzene rings is 1. The summed E-state index contributed by atoms with van der Waals surface area (Å²) in [5, 5.41) is 0.802. The zero-order valence-electron chi connectivity index (χ0n) is 10.5. The van der Waals surface area contributed by atoms with Gasteiger partial charge in [0, 0.05) is 18.5 Å². The molecule has 1 aliphatic rings. The molecule has 3 rings (SSSR count). The fourth-order valence-electron chi connectivity index (χ4n) is 2.47. The predicted octanol–water partition coefficient (Wildman–Crippen LogP) is 3.07. The third-order valence-corrected chi connectivity index (χ3v) is 3.48. The molecule has 0 atom stereocenters. The molecule has 1 aliphatic heterocycles. The number of anilines is 1. The molecule has 0 amide bonds. The summed E-state index contributed by atoms with van der Waals surface area (Å²) in [5.74, 6) is 0.547. The van der Waals surface area contributed by atoms with Crippen LogP contribution in [0.25, 0.3) is 10.9 Å². The maximum atomic E-state index is 13.2. The molecule has 4 heteroatoms. The molecule has 0 aliphatic carbocycles. The van der Waals surface area contributed by atoms with E-state index in [1.54, 1.807) is 6.07 Å². The van der Waals surface area contributed by atoms with Crippen molar-refractivity contribution in [1.82, 2.24) is 9.97 Å². The van der Waals surface area contributed by atoms with E-state index in [0.717, 1.165) is 35.6 Å². The van der Waals surface area contributed by atoms with E-state index in [9.17, 15) is 4.39 Å². The molecule has 0 bridgehead atoms. The van der Waals surface area contributed by atoms with Gasteiger partial charge in [0.1, 0.15) is 5.82 Å². The fourth-order valence-corrected chi connectivity index (χ4v) is 2.47. The second kappa shape index (κ2) is 4.52. The molecule has 0 spiro atoms. The Balaban J connectivity index is 2.06. The van der Waals surface area contributed by atoms with Crippen LogP contribution in [0.3, 0.4) is 0 Å². The number of fused-ring (bicyclic) bond motifs is 1. The molecule has 18 heavy (non-hydrogen) atoms. The van der Waals surface area contributed by atoms with Crippen molar-refractivity contribution in [3.63, 3.8) is 0 Å². The lowest BCUT2D eigenvalue weighted by Gasteiger charge is -2.27. The maximum absolute atomic E-state index is 13.2. The van der Waals surface area contributed by atoms with Gasteiger partial charge in [-0.15, -0.1) is 0 Å². The first-order valence-corrected chi connectivity index (χ1v) is 6.43. The summed E-state index contributed by atoms with van der Waals surface area (Å²) in [6.07, 6.45) is 3.68. The van der Waals surface area contributed by atoms with E-state index < -0.39 is 0 Å². The lowest BCUT2D eigenvalue weighted by Crippen LogP contribution is -2.31. The zero-order valence-corrected chi connectivity index (χ0v) is 10.5. The summed E-state index contributed by atoms with van der Waals surface area (Å²) in [6.45, 7) is 3.95. The smallest absolute Gasteiger partial charge is 0.226 e. The molecule has 0 unspecified atom stereocenters. The van der Waals surface area contributed by atoms with E-state index in [0.29, 0.717) is 0 Å². The minimum Gasteiger partial charge on any atom is -0.341 e. The number of aromatic nitrogens is 2. The molecule has 1 fully saturated rings. The van der Waals surface area contributed by atoms with Gasteiger partial charge in [0.15, 0.2) is 0 Å². The number of hydrogen-bond acceptors (Lipinski definition) is 3. The highest BCUT2D eigenvalue weighted by Crippen LogP contribution is 2.22. The van der Waals surface area contributed by atoms with Crippen LogP contribution in [0, 0.1) is 12.7 Å². The minimum atomic E-state index is -0.236. The molecule has 3 nitrogen and oxygen atoms in total. The number of halogens is 1. The molecule has 2 heterocycles. The second-order valence-electron chi connectivity index (χ2n) is 4.82. The van der Waals surface area contributed by atoms with E-state index in [1.807, 2.05) is 6.92 Å². The largest absolute Gasteiger partial charge is 0.341 e. The van der Waals surface area contributed by atoms with Gasteiger partial charge in [-0.1, -0.05) is 0 Å². The third kappa shape index (κ3) is 2.03. The highest BCUT2D eigenvalue weighted by molar-refractivity contribution is 5.81. The van der Waals surface area contributed by atoms with Crippen molar-refractivity contribution in [2.75, 3.05) is 18.0 Å². The quantitative estimate of drug-likeness (QED) is 0.773. The molecule has 1 saturated heterocycles. The Bertz CT molecular complexity index is 577. The Morgan fingerprint density at radius 3 is 2.67 bits per heavy atom. The predicted molar refractivity (Wildman–Crippen MR) is 70.3 cm³/mol. The highest BCUT2D eigenvalue weighted by Gasteiger charge is 2.15. The van der Waals surface area contributed by atoms with Gasteiger partial charge in [0.05, 0.1) is 11.2 Å². The number of nitrogens with zero attached hydrogens (tertiary/aromatic N) is 3. The minimum absolute atomic E-state index is 0.236. The Labute approximate surface area is 106 Å². The summed E-state index contributed by atoms with van der Waals surface area (Å²) in [6, 6.07) is 4.69. The summed E-state index contributed by atoms with van der Waals surface area (Å²) < 4.78 is 13.2. The van der Waals surface area contributed by atoms with Crippen molar-refractivity contribution in [1.29, 1.82) is 0 Å². The molecule has 0 radical (unpaired) electrons. The normalized spacial score (nSPS) is 16.2. The van der Waals surface area contributed by atoms with Crippen LogP contribution < -0.4 is 4.90 Å². The van der Waals surface area contributed by atoms with Gasteiger partial charge in [-0.3, -0.25) is 0 Å². The molecule has 1 aromatic heterocycles. The Morgan fingerprint density at radius 2 is 1.89 bits per heavy atom. The summed E-state index contributed by atoms with van der Waals surface area (Å²) >= 11 is 0. The lowest BCUT2D eigenvalue weighted by molar-refractivity contribution is 0.568. The summed E-state index contributed by atoms with van der Waals surface area (Å²) in [4.78, 5) is 11.3. The molecule has 2 aromatic rings. The van der Waals surface area contributed by atoms with Crippen molar-refractivity contribution in [2.24, 2.45) is 0 Å². The number of piperidine rings is 1. The maximum Gasteiger partial charge on any atom is 0.226 e. The lowest BCUT2D eigenvalue weighted by atomic mass is 10.1. The van der Waals surface area contributed by atoms with Gasteiger partial charge >= 0.3 is 0 Å². The van der Waals surface area contributed by atoms with Crippen LogP contribution in [0.2, 0.25) is 0 Å². The first kappa shape index (κ1) is 11.4. The molecular weight excluding hydrogens is 229 g/mol. The second-order valence-corrected chi connectivity index (χ2v) is 4.82. The molecule has 94 valence electrons. The average Bonchev–Trinajstić information content (AvgIpc) is 2.40. The van der Waals surface area contributed by atoms with Gasteiger partial charge in [-0.05, 0) is 44.4 Å². The van der Waals surface area contributed by atoms with Crippen LogP contribution in [0.4, 0.5) is 10.3 Å². The zero-order chi connectivity index (χ0) is 12.5. The first-order valence-electron chi connectivity index (χ1n) is 6.43. The van der Waals surface area contributed by atoms with E-state index in [2.05, 4.69) is 14.9 Å². The number of aryl methyl sites for hydroxylation is 1. The molecule has 0 N–H and O–H groups in total. The van der Waals surface area contributed by atoms with Crippen LogP contribution in [-0.2, 0) is 0 Å². The van der Waals surface area contributed by atoms with Crippen LogP contribution in [0.15, 0.2) is 18.2 Å².